The number of benzene rings is 3. The molecule has 3 nitrogen and oxygen atoms in total. The van der Waals surface area contributed by atoms with Crippen LogP contribution in [0.25, 0.3) is 17.0 Å². The zero-order valence-corrected chi connectivity index (χ0v) is 24.8. The van der Waals surface area contributed by atoms with Gasteiger partial charge in [0.25, 0.3) is 0 Å². The minimum Gasteiger partial charge on any atom is -1.00 e. The molecule has 0 unspecified atom stereocenters. The predicted molar refractivity (Wildman–Crippen MR) is 162 cm³/mol. The van der Waals surface area contributed by atoms with E-state index in [0.29, 0.717) is 0 Å². The van der Waals surface area contributed by atoms with E-state index in [1.807, 2.05) is 6.07 Å². The molecule has 39 heavy (non-hydrogen) atoms. The van der Waals surface area contributed by atoms with Crippen LogP contribution in [0.3, 0.4) is 0 Å². The van der Waals surface area contributed by atoms with Crippen molar-refractivity contribution in [3.8, 4) is 0 Å². The molecule has 0 aliphatic carbocycles. The molecule has 5 heteroatoms. The van der Waals surface area contributed by atoms with Crippen LogP contribution in [0, 0.1) is 0 Å². The molecule has 0 spiro atoms. The molecule has 0 amide bonds. The van der Waals surface area contributed by atoms with Crippen molar-refractivity contribution in [3.05, 3.63) is 112 Å². The van der Waals surface area contributed by atoms with Crippen molar-refractivity contribution in [2.45, 2.75) is 52.0 Å². The monoisotopic (exact) mass is 559 g/mol. The summed E-state index contributed by atoms with van der Waals surface area (Å²) in [5.74, 6) is 0. The molecule has 0 bridgehead atoms. The van der Waals surface area contributed by atoms with Gasteiger partial charge in [-0.2, -0.15) is 4.57 Å². The van der Waals surface area contributed by atoms with Crippen LogP contribution in [0.1, 0.15) is 56.7 Å². The summed E-state index contributed by atoms with van der Waals surface area (Å²) < 4.78 is 2.35. The third kappa shape index (κ3) is 6.32. The third-order valence-corrected chi connectivity index (χ3v) is 7.95. The Labute approximate surface area is 244 Å². The Morgan fingerprint density at radius 3 is 2.49 bits per heavy atom. The van der Waals surface area contributed by atoms with E-state index in [-0.39, 0.29) is 17.8 Å². The van der Waals surface area contributed by atoms with E-state index in [1.54, 1.807) is 0 Å². The highest BCUT2D eigenvalue weighted by Gasteiger charge is 2.40. The number of fused-ring (bicyclic) bond motifs is 2. The number of para-hydroxylation sites is 1. The number of hydrogen-bond donors (Lipinski definition) is 1. The van der Waals surface area contributed by atoms with Crippen molar-refractivity contribution >= 4 is 34.3 Å². The van der Waals surface area contributed by atoms with Gasteiger partial charge in [-0.05, 0) is 73.8 Å². The van der Waals surface area contributed by atoms with Gasteiger partial charge in [0, 0.05) is 46.1 Å². The van der Waals surface area contributed by atoms with E-state index in [4.69, 9.17) is 11.6 Å². The number of hydrogen-bond acceptors (Lipinski definition) is 2. The van der Waals surface area contributed by atoms with Crippen LogP contribution in [0.2, 0.25) is 5.02 Å². The molecule has 0 atom stereocenters. The van der Waals surface area contributed by atoms with Crippen LogP contribution in [0.15, 0.2) is 90.8 Å². The number of nitrogens with one attached hydrogen (secondary N) is 1. The molecule has 2 heterocycles. The number of anilines is 1. The van der Waals surface area contributed by atoms with Gasteiger partial charge in [-0.15, -0.1) is 0 Å². The van der Waals surface area contributed by atoms with Crippen molar-refractivity contribution in [1.29, 1.82) is 0 Å². The molecule has 0 radical (unpaired) electrons. The van der Waals surface area contributed by atoms with Gasteiger partial charge in [-0.3, -0.25) is 0 Å². The smallest absolute Gasteiger partial charge is 0.213 e. The number of halogens is 2. The highest BCUT2D eigenvalue weighted by Crippen LogP contribution is 2.49. The van der Waals surface area contributed by atoms with Crippen LogP contribution in [-0.2, 0) is 12.0 Å². The minimum absolute atomic E-state index is 0. The second kappa shape index (κ2) is 13.0. The average molecular weight is 561 g/mol. The Kier molecular flexibility index (Phi) is 9.71. The van der Waals surface area contributed by atoms with Gasteiger partial charge < -0.3 is 22.6 Å². The first-order valence-electron chi connectivity index (χ1n) is 13.9. The van der Waals surface area contributed by atoms with Gasteiger partial charge in [0.05, 0.1) is 5.39 Å². The van der Waals surface area contributed by atoms with Gasteiger partial charge in [0.2, 0.25) is 5.52 Å². The predicted octanol–water partition coefficient (Wildman–Crippen LogP) is 4.75. The Morgan fingerprint density at radius 1 is 0.923 bits per heavy atom. The number of pyridine rings is 1. The molecule has 1 N–H and O–H groups in total. The lowest BCUT2D eigenvalue weighted by atomic mass is 9.83. The fraction of sp³-hybridized carbons (Fsp3) is 0.324. The summed E-state index contributed by atoms with van der Waals surface area (Å²) in [5.41, 5.74) is 7.58. The molecule has 1 aliphatic rings. The molecular formula is C34H39Cl2N3. The summed E-state index contributed by atoms with van der Waals surface area (Å²) in [6, 6.07) is 28.1. The normalized spacial score (nSPS) is 15.0. The fourth-order valence-electron chi connectivity index (χ4n) is 5.67. The summed E-state index contributed by atoms with van der Waals surface area (Å²) in [7, 11) is 0. The SMILES string of the molecule is CCCNCCCCN1/C(=C/c2cc[n+](Cc3ccccc3)c3ccccc23)C(C)(C)c2cc(Cl)ccc21.[Cl-]. The molecule has 0 saturated heterocycles. The fourth-order valence-corrected chi connectivity index (χ4v) is 5.84. The maximum absolute atomic E-state index is 6.49. The number of aromatic nitrogens is 1. The first kappa shape index (κ1) is 29.1. The molecule has 4 aromatic rings. The lowest BCUT2D eigenvalue weighted by molar-refractivity contribution is -0.662. The standard InChI is InChI=1S/C34H39ClN3.ClH/c1-4-19-36-20-10-11-21-38-32-17-16-28(35)24-30(32)34(2,3)33(38)23-27-18-22-37(25-26-12-6-5-7-13-26)31-15-9-8-14-29(27)31;/h5-9,12-18,22-24,36H,4,10-11,19-21,25H2,1-3H3;1H/q+1;/p-1. The van der Waals surface area contributed by atoms with E-state index in [2.05, 4.69) is 121 Å². The quantitative estimate of drug-likeness (QED) is 0.223. The number of unbranched alkanes of at least 4 members (excludes halogenated alkanes) is 1. The molecular weight excluding hydrogens is 521 g/mol. The van der Waals surface area contributed by atoms with Crippen LogP contribution in [-0.4, -0.2) is 19.6 Å². The topological polar surface area (TPSA) is 19.1 Å². The maximum atomic E-state index is 6.49. The molecule has 204 valence electrons. The summed E-state index contributed by atoms with van der Waals surface area (Å²) in [6.07, 6.45) is 8.13. The first-order valence-corrected chi connectivity index (χ1v) is 14.3. The highest BCUT2D eigenvalue weighted by molar-refractivity contribution is 6.30. The van der Waals surface area contributed by atoms with Gasteiger partial charge in [-0.25, -0.2) is 0 Å². The van der Waals surface area contributed by atoms with Crippen LogP contribution in [0.5, 0.6) is 0 Å². The van der Waals surface area contributed by atoms with Crippen LogP contribution >= 0.6 is 11.6 Å². The summed E-state index contributed by atoms with van der Waals surface area (Å²) >= 11 is 6.49. The Bertz CT molecular complexity index is 1430. The van der Waals surface area contributed by atoms with Crippen molar-refractivity contribution < 1.29 is 17.0 Å². The van der Waals surface area contributed by atoms with E-state index in [1.165, 1.54) is 51.8 Å². The van der Waals surface area contributed by atoms with Gasteiger partial charge >= 0.3 is 0 Å². The van der Waals surface area contributed by atoms with Crippen molar-refractivity contribution in [2.75, 3.05) is 24.5 Å². The molecule has 1 aromatic heterocycles. The Hall–Kier alpha value is -2.85. The van der Waals surface area contributed by atoms with Crippen molar-refractivity contribution in [1.82, 2.24) is 5.32 Å². The lowest BCUT2D eigenvalue weighted by Gasteiger charge is -2.27. The molecule has 1 aliphatic heterocycles. The van der Waals surface area contributed by atoms with Crippen molar-refractivity contribution in [2.24, 2.45) is 0 Å². The Morgan fingerprint density at radius 2 is 1.69 bits per heavy atom. The average Bonchev–Trinajstić information content (AvgIpc) is 3.13. The van der Waals surface area contributed by atoms with E-state index in [0.717, 1.165) is 37.6 Å². The van der Waals surface area contributed by atoms with E-state index >= 15 is 0 Å². The third-order valence-electron chi connectivity index (χ3n) is 7.71. The second-order valence-corrected chi connectivity index (χ2v) is 11.3. The van der Waals surface area contributed by atoms with Gasteiger partial charge in [0.15, 0.2) is 12.7 Å². The van der Waals surface area contributed by atoms with Crippen molar-refractivity contribution in [3.63, 3.8) is 0 Å². The lowest BCUT2D eigenvalue weighted by Crippen LogP contribution is -3.00. The summed E-state index contributed by atoms with van der Waals surface area (Å²) in [5, 5.41) is 5.61. The molecule has 5 rings (SSSR count). The zero-order valence-electron chi connectivity index (χ0n) is 23.3. The Balaban J connectivity index is 0.00000353. The largest absolute Gasteiger partial charge is 1.00 e. The second-order valence-electron chi connectivity index (χ2n) is 10.8. The summed E-state index contributed by atoms with van der Waals surface area (Å²) in [4.78, 5) is 2.53. The molecule has 0 saturated carbocycles. The molecule has 3 aromatic carbocycles. The summed E-state index contributed by atoms with van der Waals surface area (Å²) in [6.45, 7) is 10.9. The van der Waals surface area contributed by atoms with Crippen LogP contribution < -0.4 is 27.2 Å². The number of nitrogens with zero attached hydrogens (tertiary/aromatic N) is 2. The van der Waals surface area contributed by atoms with E-state index < -0.39 is 0 Å². The van der Waals surface area contributed by atoms with Gasteiger partial charge in [0.1, 0.15) is 0 Å². The molecule has 0 fully saturated rings. The van der Waals surface area contributed by atoms with Gasteiger partial charge in [-0.1, -0.05) is 74.8 Å². The first-order chi connectivity index (χ1) is 18.5. The highest BCUT2D eigenvalue weighted by atomic mass is 35.5. The van der Waals surface area contributed by atoms with Crippen LogP contribution in [0.4, 0.5) is 5.69 Å². The number of rotatable bonds is 10. The minimum atomic E-state index is -0.141. The number of allylic oxidation sites excluding steroid dienone is 1. The maximum Gasteiger partial charge on any atom is 0.213 e. The van der Waals surface area contributed by atoms with E-state index in [9.17, 15) is 0 Å². The zero-order chi connectivity index (χ0) is 26.5.